The van der Waals surface area contributed by atoms with E-state index in [2.05, 4.69) is 33.1 Å². The largest absolute Gasteiger partial charge is 0.319 e. The lowest BCUT2D eigenvalue weighted by Gasteiger charge is -2.07. The summed E-state index contributed by atoms with van der Waals surface area (Å²) < 4.78 is 5.49. The summed E-state index contributed by atoms with van der Waals surface area (Å²) in [6.07, 6.45) is 0. The predicted molar refractivity (Wildman–Crippen MR) is 139 cm³/mol. The van der Waals surface area contributed by atoms with Crippen LogP contribution in [0, 0.1) is 6.92 Å². The highest BCUT2D eigenvalue weighted by atomic mass is 32.2. The molecule has 2 N–H and O–H groups in total. The average molecular weight is 485 g/mol. The van der Waals surface area contributed by atoms with Gasteiger partial charge in [0, 0.05) is 7.05 Å². The highest BCUT2D eigenvalue weighted by Crippen LogP contribution is 2.20. The van der Waals surface area contributed by atoms with Crippen molar-refractivity contribution in [2.24, 2.45) is 7.05 Å². The maximum absolute atomic E-state index is 13.1. The zero-order valence-electron chi connectivity index (χ0n) is 19.6. The Hall–Kier alpha value is -4.04. The number of hydrogen-bond acceptors (Lipinski definition) is 3. The number of anilines is 1. The summed E-state index contributed by atoms with van der Waals surface area (Å²) in [5.41, 5.74) is 4.75. The van der Waals surface area contributed by atoms with Crippen LogP contribution in [-0.4, -0.2) is 26.0 Å². The standard InChI is InChI=1S/C27H25N5O2S/c1-19-25(26(34)32(30(19)2)21-13-7-4-8-14-21)29-24(33)18-35-27-28-22-15-9-10-16-23(22)31(27)17-20-11-5-3-6-12-20/h3-16H,17-18H2,1-2H3,(H,29,33)/p+1. The van der Waals surface area contributed by atoms with E-state index < -0.39 is 0 Å². The monoisotopic (exact) mass is 484 g/mol. The van der Waals surface area contributed by atoms with Crippen molar-refractivity contribution >= 4 is 34.4 Å². The second-order valence-electron chi connectivity index (χ2n) is 8.29. The topological polar surface area (TPSA) is 75.7 Å². The average Bonchev–Trinajstić information content (AvgIpc) is 3.33. The van der Waals surface area contributed by atoms with Gasteiger partial charge in [-0.3, -0.25) is 14.3 Å². The van der Waals surface area contributed by atoms with Crippen molar-refractivity contribution < 1.29 is 9.36 Å². The number of benzene rings is 3. The highest BCUT2D eigenvalue weighted by molar-refractivity contribution is 7.99. The maximum atomic E-state index is 13.1. The fourth-order valence-electron chi connectivity index (χ4n) is 4.17. The van der Waals surface area contributed by atoms with Gasteiger partial charge in [-0.15, -0.1) is 0 Å². The van der Waals surface area contributed by atoms with Gasteiger partial charge in [-0.1, -0.05) is 60.7 Å². The molecular weight excluding hydrogens is 458 g/mol. The van der Waals surface area contributed by atoms with E-state index in [9.17, 15) is 9.59 Å². The summed E-state index contributed by atoms with van der Waals surface area (Å²) in [6, 6.07) is 27.7. The first-order chi connectivity index (χ1) is 17.0. The zero-order valence-corrected chi connectivity index (χ0v) is 20.4. The fourth-order valence-corrected chi connectivity index (χ4v) is 5.01. The van der Waals surface area contributed by atoms with Gasteiger partial charge in [0.15, 0.2) is 11.0 Å². The smallest absolute Gasteiger partial charge is 0.317 e. The molecule has 2 aromatic heterocycles. The van der Waals surface area contributed by atoms with Gasteiger partial charge in [0.1, 0.15) is 12.2 Å². The number of nitrogens with zero attached hydrogens (tertiary/aromatic N) is 3. The number of imidazole rings is 1. The van der Waals surface area contributed by atoms with Crippen molar-refractivity contribution in [3.05, 3.63) is 107 Å². The van der Waals surface area contributed by atoms with Crippen molar-refractivity contribution in [3.8, 4) is 5.69 Å². The number of rotatable bonds is 7. The molecule has 35 heavy (non-hydrogen) atoms. The Balaban J connectivity index is 1.37. The molecule has 5 rings (SSSR count). The molecule has 8 heteroatoms. The van der Waals surface area contributed by atoms with Gasteiger partial charge >= 0.3 is 5.16 Å². The van der Waals surface area contributed by atoms with Crippen LogP contribution in [0.4, 0.5) is 5.69 Å². The van der Waals surface area contributed by atoms with Crippen LogP contribution in [0.5, 0.6) is 0 Å². The quantitative estimate of drug-likeness (QED) is 0.271. The Labute approximate surface area is 207 Å². The lowest BCUT2D eigenvalue weighted by Crippen LogP contribution is -2.36. The summed E-state index contributed by atoms with van der Waals surface area (Å²) in [5, 5.41) is 3.73. The third-order valence-corrected chi connectivity index (χ3v) is 7.03. The van der Waals surface area contributed by atoms with E-state index in [-0.39, 0.29) is 17.2 Å². The number of hydrogen-bond donors (Lipinski definition) is 2. The number of amides is 1. The van der Waals surface area contributed by atoms with E-state index in [1.807, 2.05) is 80.7 Å². The van der Waals surface area contributed by atoms with Crippen LogP contribution >= 0.6 is 11.8 Å². The highest BCUT2D eigenvalue weighted by Gasteiger charge is 2.22. The normalized spacial score (nSPS) is 11.1. The van der Waals surface area contributed by atoms with Crippen molar-refractivity contribution in [2.75, 3.05) is 11.1 Å². The van der Waals surface area contributed by atoms with Crippen LogP contribution < -0.4 is 15.4 Å². The van der Waals surface area contributed by atoms with Gasteiger partial charge in [0.25, 0.3) is 5.56 Å². The molecule has 0 unspecified atom stereocenters. The van der Waals surface area contributed by atoms with E-state index >= 15 is 0 Å². The molecule has 7 nitrogen and oxygen atoms in total. The van der Waals surface area contributed by atoms with Crippen LogP contribution in [0.3, 0.4) is 0 Å². The molecule has 0 radical (unpaired) electrons. The minimum Gasteiger partial charge on any atom is -0.319 e. The Morgan fingerprint density at radius 3 is 2.37 bits per heavy atom. The van der Waals surface area contributed by atoms with E-state index in [0.29, 0.717) is 17.9 Å². The number of para-hydroxylation sites is 3. The molecule has 5 aromatic rings. The molecule has 0 aliphatic heterocycles. The first-order valence-electron chi connectivity index (χ1n) is 11.3. The molecule has 0 bridgehead atoms. The van der Waals surface area contributed by atoms with E-state index in [1.54, 1.807) is 9.36 Å². The molecule has 2 heterocycles. The second kappa shape index (κ2) is 9.68. The van der Waals surface area contributed by atoms with E-state index in [4.69, 9.17) is 0 Å². The van der Waals surface area contributed by atoms with Crippen LogP contribution in [0.25, 0.3) is 16.7 Å². The number of aromatic amines is 1. The molecule has 0 spiro atoms. The number of carbonyl (C=O) groups excluding carboxylic acids is 1. The predicted octanol–water partition coefficient (Wildman–Crippen LogP) is 4.03. The van der Waals surface area contributed by atoms with Crippen LogP contribution in [0.2, 0.25) is 0 Å². The first-order valence-corrected chi connectivity index (χ1v) is 12.3. The summed E-state index contributed by atoms with van der Waals surface area (Å²) in [7, 11) is 1.81. The third kappa shape index (κ3) is 4.52. The molecule has 0 saturated heterocycles. The molecule has 1 amide bonds. The summed E-state index contributed by atoms with van der Waals surface area (Å²) >= 11 is 1.42. The van der Waals surface area contributed by atoms with Gasteiger partial charge in [0.05, 0.1) is 17.1 Å². The minimum atomic E-state index is -0.251. The van der Waals surface area contributed by atoms with Crippen molar-refractivity contribution in [1.29, 1.82) is 0 Å². The number of nitrogens with one attached hydrogen (secondary N) is 2. The molecule has 0 saturated carbocycles. The minimum absolute atomic E-state index is 0.167. The Bertz CT molecular complexity index is 1550. The molecule has 3 aromatic carbocycles. The fraction of sp³-hybridized carbons (Fsp3) is 0.148. The van der Waals surface area contributed by atoms with Crippen molar-refractivity contribution in [2.45, 2.75) is 18.6 Å². The van der Waals surface area contributed by atoms with E-state index in [1.165, 1.54) is 17.3 Å². The number of H-pyrrole nitrogens is 1. The van der Waals surface area contributed by atoms with Crippen molar-refractivity contribution in [3.63, 3.8) is 0 Å². The molecule has 0 fully saturated rings. The van der Waals surface area contributed by atoms with Gasteiger partial charge in [-0.05, 0) is 48.5 Å². The number of aromatic nitrogens is 4. The van der Waals surface area contributed by atoms with Crippen LogP contribution in [-0.2, 0) is 18.4 Å². The summed E-state index contributed by atoms with van der Waals surface area (Å²) in [5.74, 6) is -0.0632. The zero-order chi connectivity index (χ0) is 24.4. The van der Waals surface area contributed by atoms with Gasteiger partial charge < -0.3 is 5.32 Å². The van der Waals surface area contributed by atoms with E-state index in [0.717, 1.165) is 21.9 Å². The number of fused-ring (bicyclic) bond motifs is 1. The molecule has 0 atom stereocenters. The SMILES string of the molecule is Cc1c(NC(=O)CSc2[nH]c3ccccc3[n+]2Cc2ccccc2)c(=O)n(-c2ccccc2)n1C. The second-order valence-corrected chi connectivity index (χ2v) is 9.26. The lowest BCUT2D eigenvalue weighted by molar-refractivity contribution is -0.700. The first kappa shape index (κ1) is 22.7. The van der Waals surface area contributed by atoms with Gasteiger partial charge in [-0.25, -0.2) is 14.2 Å². The summed E-state index contributed by atoms with van der Waals surface area (Å²) in [4.78, 5) is 29.5. The maximum Gasteiger partial charge on any atom is 0.317 e. The number of thioether (sulfide) groups is 1. The molecule has 0 aliphatic rings. The third-order valence-electron chi connectivity index (χ3n) is 6.02. The Morgan fingerprint density at radius 1 is 0.971 bits per heavy atom. The summed E-state index contributed by atoms with van der Waals surface area (Å²) in [6.45, 7) is 2.52. The molecule has 176 valence electrons. The van der Waals surface area contributed by atoms with Crippen molar-refractivity contribution in [1.82, 2.24) is 14.3 Å². The Morgan fingerprint density at radius 2 is 1.63 bits per heavy atom. The lowest BCUT2D eigenvalue weighted by atomic mass is 10.2. The molecular formula is C27H26N5O2S+. The van der Waals surface area contributed by atoms with Crippen LogP contribution in [0.1, 0.15) is 11.3 Å². The van der Waals surface area contributed by atoms with Crippen LogP contribution in [0.15, 0.2) is 94.9 Å². The molecule has 0 aliphatic carbocycles. The van der Waals surface area contributed by atoms with Gasteiger partial charge in [-0.2, -0.15) is 0 Å². The number of carbonyl (C=O) groups is 1. The van der Waals surface area contributed by atoms with Gasteiger partial charge in [0.2, 0.25) is 5.91 Å². The Kier molecular flexibility index (Phi) is 6.29.